The summed E-state index contributed by atoms with van der Waals surface area (Å²) < 4.78 is 0. The number of nitrogens with one attached hydrogen (secondary N) is 1. The van der Waals surface area contributed by atoms with Crippen molar-refractivity contribution in [3.8, 4) is 12.3 Å². The van der Waals surface area contributed by atoms with E-state index in [4.69, 9.17) is 6.42 Å². The van der Waals surface area contributed by atoms with Crippen molar-refractivity contribution in [3.63, 3.8) is 0 Å². The van der Waals surface area contributed by atoms with Crippen LogP contribution in [0.2, 0.25) is 0 Å². The fraction of sp³-hybridized carbons (Fsp3) is 0.800. The van der Waals surface area contributed by atoms with E-state index in [1.165, 1.54) is 6.42 Å². The summed E-state index contributed by atoms with van der Waals surface area (Å²) in [6.07, 6.45) is 7.74. The minimum atomic E-state index is 0.352. The van der Waals surface area contributed by atoms with Gasteiger partial charge in [-0.3, -0.25) is 4.90 Å². The molecule has 1 aliphatic heterocycles. The van der Waals surface area contributed by atoms with Crippen LogP contribution in [0.3, 0.4) is 0 Å². The van der Waals surface area contributed by atoms with Crippen molar-refractivity contribution in [1.29, 1.82) is 0 Å². The molecule has 0 aliphatic carbocycles. The normalized spacial score (nSPS) is 22.7. The molecule has 68 valence electrons. The Morgan fingerprint density at radius 2 is 2.33 bits per heavy atom. The number of nitrogens with zero attached hydrogens (tertiary/aromatic N) is 1. The molecule has 2 heteroatoms. The zero-order valence-corrected chi connectivity index (χ0v) is 7.84. The lowest BCUT2D eigenvalue weighted by Crippen LogP contribution is -2.36. The van der Waals surface area contributed by atoms with Crippen molar-refractivity contribution in [3.05, 3.63) is 0 Å². The van der Waals surface area contributed by atoms with Gasteiger partial charge in [-0.25, -0.2) is 0 Å². The van der Waals surface area contributed by atoms with Gasteiger partial charge in [-0.05, 0) is 19.4 Å². The van der Waals surface area contributed by atoms with E-state index in [1.54, 1.807) is 0 Å². The predicted molar refractivity (Wildman–Crippen MR) is 52.0 cm³/mol. The van der Waals surface area contributed by atoms with Crippen molar-refractivity contribution in [2.45, 2.75) is 25.8 Å². The van der Waals surface area contributed by atoms with E-state index in [9.17, 15) is 0 Å². The van der Waals surface area contributed by atoms with E-state index in [0.29, 0.717) is 6.04 Å². The Morgan fingerprint density at radius 1 is 1.50 bits per heavy atom. The molecule has 1 fully saturated rings. The van der Waals surface area contributed by atoms with Gasteiger partial charge < -0.3 is 5.32 Å². The average molecular weight is 166 g/mol. The Labute approximate surface area is 75.3 Å². The largest absolute Gasteiger partial charge is 0.315 e. The van der Waals surface area contributed by atoms with Crippen molar-refractivity contribution in [2.24, 2.45) is 0 Å². The van der Waals surface area contributed by atoms with E-state index >= 15 is 0 Å². The van der Waals surface area contributed by atoms with E-state index in [-0.39, 0.29) is 0 Å². The van der Waals surface area contributed by atoms with Gasteiger partial charge in [0.15, 0.2) is 0 Å². The van der Waals surface area contributed by atoms with Gasteiger partial charge in [0.05, 0.1) is 6.04 Å². The highest BCUT2D eigenvalue weighted by atomic mass is 15.2. The van der Waals surface area contributed by atoms with Gasteiger partial charge in [-0.2, -0.15) is 0 Å². The summed E-state index contributed by atoms with van der Waals surface area (Å²) in [4.78, 5) is 2.40. The van der Waals surface area contributed by atoms with Crippen molar-refractivity contribution in [2.75, 3.05) is 26.2 Å². The van der Waals surface area contributed by atoms with Gasteiger partial charge in [0.2, 0.25) is 0 Å². The van der Waals surface area contributed by atoms with Crippen LogP contribution in [0.5, 0.6) is 0 Å². The summed E-state index contributed by atoms with van der Waals surface area (Å²) in [7, 11) is 0. The van der Waals surface area contributed by atoms with Gasteiger partial charge in [-0.1, -0.05) is 12.8 Å². The van der Waals surface area contributed by atoms with Gasteiger partial charge in [0.25, 0.3) is 0 Å². The second-order valence-electron chi connectivity index (χ2n) is 3.23. The number of rotatable bonds is 2. The highest BCUT2D eigenvalue weighted by molar-refractivity contribution is 4.99. The van der Waals surface area contributed by atoms with Crippen LogP contribution in [0.15, 0.2) is 0 Å². The van der Waals surface area contributed by atoms with Crippen LogP contribution in [0.25, 0.3) is 0 Å². The van der Waals surface area contributed by atoms with E-state index in [0.717, 1.165) is 32.6 Å². The maximum atomic E-state index is 5.45. The second-order valence-corrected chi connectivity index (χ2v) is 3.23. The Kier molecular flexibility index (Phi) is 4.13. The topological polar surface area (TPSA) is 15.3 Å². The molecule has 0 aromatic carbocycles. The van der Waals surface area contributed by atoms with Crippen LogP contribution in [-0.2, 0) is 0 Å². The van der Waals surface area contributed by atoms with Crippen LogP contribution in [0.1, 0.15) is 19.8 Å². The zero-order valence-electron chi connectivity index (χ0n) is 7.84. The van der Waals surface area contributed by atoms with E-state index < -0.39 is 0 Å². The van der Waals surface area contributed by atoms with Crippen molar-refractivity contribution in [1.82, 2.24) is 10.2 Å². The maximum Gasteiger partial charge on any atom is 0.0709 e. The summed E-state index contributed by atoms with van der Waals surface area (Å²) in [5.74, 6) is 2.85. The smallest absolute Gasteiger partial charge is 0.0709 e. The molecule has 0 bridgehead atoms. The molecule has 1 rings (SSSR count). The Morgan fingerprint density at radius 3 is 3.00 bits per heavy atom. The van der Waals surface area contributed by atoms with E-state index in [2.05, 4.69) is 23.1 Å². The molecular formula is C10H18N2. The SMILES string of the molecule is C#CC(CC)N1CCCNCC1. The van der Waals surface area contributed by atoms with Crippen LogP contribution in [0, 0.1) is 12.3 Å². The molecule has 1 aliphatic rings. The standard InChI is InChI=1S/C10H18N2/c1-3-10(4-2)12-8-5-6-11-7-9-12/h1,10-11H,4-9H2,2H3. The lowest BCUT2D eigenvalue weighted by Gasteiger charge is -2.24. The molecule has 1 saturated heterocycles. The Hall–Kier alpha value is -0.520. The lowest BCUT2D eigenvalue weighted by molar-refractivity contribution is 0.246. The summed E-state index contributed by atoms with van der Waals surface area (Å²) in [5.41, 5.74) is 0. The van der Waals surface area contributed by atoms with E-state index in [1.807, 2.05) is 0 Å². The number of hydrogen-bond donors (Lipinski definition) is 1. The molecule has 0 spiro atoms. The third kappa shape index (κ3) is 2.51. The molecule has 1 atom stereocenters. The molecule has 1 N–H and O–H groups in total. The highest BCUT2D eigenvalue weighted by Gasteiger charge is 2.14. The number of terminal acetylenes is 1. The summed E-state index contributed by atoms with van der Waals surface area (Å²) in [6, 6.07) is 0.352. The van der Waals surface area contributed by atoms with Crippen LogP contribution >= 0.6 is 0 Å². The maximum absolute atomic E-state index is 5.45. The van der Waals surface area contributed by atoms with Gasteiger partial charge in [0.1, 0.15) is 0 Å². The highest BCUT2D eigenvalue weighted by Crippen LogP contribution is 2.04. The van der Waals surface area contributed by atoms with Crippen molar-refractivity contribution >= 4 is 0 Å². The van der Waals surface area contributed by atoms with Crippen LogP contribution in [-0.4, -0.2) is 37.1 Å². The average Bonchev–Trinajstić information content (AvgIpc) is 2.35. The summed E-state index contributed by atoms with van der Waals surface area (Å²) >= 11 is 0. The van der Waals surface area contributed by atoms with Crippen LogP contribution < -0.4 is 5.32 Å². The first-order valence-corrected chi connectivity index (χ1v) is 4.79. The third-order valence-electron chi connectivity index (χ3n) is 2.39. The quantitative estimate of drug-likeness (QED) is 0.607. The summed E-state index contributed by atoms with van der Waals surface area (Å²) in [6.45, 7) is 6.62. The van der Waals surface area contributed by atoms with Gasteiger partial charge in [-0.15, -0.1) is 6.42 Å². The van der Waals surface area contributed by atoms with Crippen molar-refractivity contribution < 1.29 is 0 Å². The van der Waals surface area contributed by atoms with Gasteiger partial charge in [0, 0.05) is 19.6 Å². The molecule has 2 nitrogen and oxygen atoms in total. The minimum Gasteiger partial charge on any atom is -0.315 e. The molecule has 0 saturated carbocycles. The fourth-order valence-corrected chi connectivity index (χ4v) is 1.66. The third-order valence-corrected chi connectivity index (χ3v) is 2.39. The van der Waals surface area contributed by atoms with Crippen LogP contribution in [0.4, 0.5) is 0 Å². The minimum absolute atomic E-state index is 0.352. The summed E-state index contributed by atoms with van der Waals surface area (Å²) in [5, 5.41) is 3.37. The molecule has 0 aromatic rings. The first-order chi connectivity index (χ1) is 5.88. The molecule has 1 unspecified atom stereocenters. The molecule has 12 heavy (non-hydrogen) atoms. The Bertz CT molecular complexity index is 152. The fourth-order valence-electron chi connectivity index (χ4n) is 1.66. The molecular weight excluding hydrogens is 148 g/mol. The van der Waals surface area contributed by atoms with Gasteiger partial charge >= 0.3 is 0 Å². The molecule has 1 heterocycles. The first-order valence-electron chi connectivity index (χ1n) is 4.79. The first kappa shape index (κ1) is 9.57. The molecule has 0 aromatic heterocycles. The monoisotopic (exact) mass is 166 g/mol. The Balaban J connectivity index is 2.42. The zero-order chi connectivity index (χ0) is 8.81. The molecule has 0 radical (unpaired) electrons. The second kappa shape index (κ2) is 5.18. The number of hydrogen-bond acceptors (Lipinski definition) is 2. The lowest BCUT2D eigenvalue weighted by atomic mass is 10.2. The predicted octanol–water partition coefficient (Wildman–Crippen LogP) is 0.694. The molecule has 0 amide bonds.